The zero-order chi connectivity index (χ0) is 16.8. The van der Waals surface area contributed by atoms with Crippen LogP contribution in [0, 0.1) is 0 Å². The van der Waals surface area contributed by atoms with Crippen molar-refractivity contribution in [2.24, 2.45) is 0 Å². The molecule has 1 amide bonds. The van der Waals surface area contributed by atoms with Crippen LogP contribution in [0.3, 0.4) is 0 Å². The Labute approximate surface area is 141 Å². The summed E-state index contributed by atoms with van der Waals surface area (Å²) in [5, 5.41) is 3.25. The molecule has 0 fully saturated rings. The van der Waals surface area contributed by atoms with Crippen molar-refractivity contribution < 1.29 is 14.3 Å². The molecule has 0 spiro atoms. The number of hydrogen-bond acceptors (Lipinski definition) is 3. The van der Waals surface area contributed by atoms with Gasteiger partial charge in [0.05, 0.1) is 17.7 Å². The average molecular weight is 334 g/mol. The summed E-state index contributed by atoms with van der Waals surface area (Å²) >= 11 is 6.11. The monoisotopic (exact) mass is 333 g/mol. The number of nitrogens with one attached hydrogen (secondary N) is 1. The normalized spacial score (nSPS) is 10.5. The Kier molecular flexibility index (Phi) is 5.88. The first-order valence-corrected chi connectivity index (χ1v) is 7.87. The van der Waals surface area contributed by atoms with Crippen LogP contribution in [0.25, 0.3) is 0 Å². The second-order valence-electron chi connectivity index (χ2n) is 5.23. The van der Waals surface area contributed by atoms with E-state index in [2.05, 4.69) is 5.32 Å². The van der Waals surface area contributed by atoms with Gasteiger partial charge >= 0.3 is 0 Å². The molecule has 0 aromatic heterocycles. The van der Waals surface area contributed by atoms with Gasteiger partial charge in [0.1, 0.15) is 11.5 Å². The summed E-state index contributed by atoms with van der Waals surface area (Å²) in [6, 6.07) is 12.2. The predicted octanol–water partition coefficient (Wildman–Crippen LogP) is 4.78. The molecule has 0 radical (unpaired) electrons. The fourth-order valence-corrected chi connectivity index (χ4v) is 2.27. The Morgan fingerprint density at radius 3 is 2.65 bits per heavy atom. The number of halogens is 1. The minimum absolute atomic E-state index is 0.0749. The van der Waals surface area contributed by atoms with E-state index in [1.165, 1.54) is 0 Å². The molecule has 23 heavy (non-hydrogen) atoms. The lowest BCUT2D eigenvalue weighted by atomic mass is 10.2. The Balaban J connectivity index is 2.11. The number of amides is 1. The van der Waals surface area contributed by atoms with E-state index in [1.54, 1.807) is 30.3 Å². The van der Waals surface area contributed by atoms with Gasteiger partial charge in [0.2, 0.25) is 0 Å². The van der Waals surface area contributed by atoms with Crippen LogP contribution in [0.4, 0.5) is 5.69 Å². The molecule has 0 aliphatic rings. The van der Waals surface area contributed by atoms with Gasteiger partial charge in [0.15, 0.2) is 0 Å². The Bertz CT molecular complexity index is 686. The molecule has 0 unspecified atom stereocenters. The molecule has 2 rings (SSSR count). The molecule has 1 N–H and O–H groups in total. The van der Waals surface area contributed by atoms with Crippen molar-refractivity contribution in [1.29, 1.82) is 0 Å². The second kappa shape index (κ2) is 7.88. The van der Waals surface area contributed by atoms with E-state index in [1.807, 2.05) is 32.9 Å². The largest absolute Gasteiger partial charge is 0.492 e. The van der Waals surface area contributed by atoms with Crippen molar-refractivity contribution in [1.82, 2.24) is 0 Å². The van der Waals surface area contributed by atoms with Crippen LogP contribution < -0.4 is 14.8 Å². The number of carbonyl (C=O) groups is 1. The molecule has 0 aliphatic heterocycles. The van der Waals surface area contributed by atoms with Crippen LogP contribution in [-0.4, -0.2) is 18.6 Å². The zero-order valence-corrected chi connectivity index (χ0v) is 14.2. The molecule has 2 aromatic rings. The van der Waals surface area contributed by atoms with Gasteiger partial charge < -0.3 is 14.8 Å². The summed E-state index contributed by atoms with van der Waals surface area (Å²) in [6.07, 6.45) is 0.0749. The van der Waals surface area contributed by atoms with Crippen LogP contribution >= 0.6 is 11.6 Å². The fourth-order valence-electron chi connectivity index (χ4n) is 2.04. The van der Waals surface area contributed by atoms with Crippen LogP contribution in [0.15, 0.2) is 42.5 Å². The molecule has 0 saturated heterocycles. The highest BCUT2D eigenvalue weighted by Crippen LogP contribution is 2.26. The predicted molar refractivity (Wildman–Crippen MR) is 92.8 cm³/mol. The van der Waals surface area contributed by atoms with Crippen LogP contribution in [0.2, 0.25) is 5.02 Å². The van der Waals surface area contributed by atoms with E-state index in [0.29, 0.717) is 34.4 Å². The first-order chi connectivity index (χ1) is 11.0. The van der Waals surface area contributed by atoms with Gasteiger partial charge in [-0.3, -0.25) is 4.79 Å². The van der Waals surface area contributed by atoms with Gasteiger partial charge in [-0.25, -0.2) is 0 Å². The number of benzene rings is 2. The highest BCUT2D eigenvalue weighted by molar-refractivity contribution is 6.32. The lowest BCUT2D eigenvalue weighted by Gasteiger charge is -2.12. The van der Waals surface area contributed by atoms with Gasteiger partial charge in [-0.15, -0.1) is 0 Å². The Morgan fingerprint density at radius 2 is 2.00 bits per heavy atom. The van der Waals surface area contributed by atoms with E-state index >= 15 is 0 Å². The summed E-state index contributed by atoms with van der Waals surface area (Å²) in [5.41, 5.74) is 1.13. The summed E-state index contributed by atoms with van der Waals surface area (Å²) in [7, 11) is 0. The summed E-state index contributed by atoms with van der Waals surface area (Å²) in [5.74, 6) is 1.04. The third-order valence-electron chi connectivity index (χ3n) is 2.96. The lowest BCUT2D eigenvalue weighted by molar-refractivity contribution is 0.102. The van der Waals surface area contributed by atoms with Crippen molar-refractivity contribution in [3.8, 4) is 11.5 Å². The standard InChI is InChI=1S/C18H20ClNO3/c1-4-22-17-9-8-13(10-16(17)19)18(21)20-14-6-5-7-15(11-14)23-12(2)3/h5-12H,4H2,1-3H3,(H,20,21). The summed E-state index contributed by atoms with van der Waals surface area (Å²) in [6.45, 7) is 6.30. The molecule has 4 nitrogen and oxygen atoms in total. The van der Waals surface area contributed by atoms with Crippen molar-refractivity contribution in [3.05, 3.63) is 53.1 Å². The molecule has 0 heterocycles. The molecular weight excluding hydrogens is 314 g/mol. The second-order valence-corrected chi connectivity index (χ2v) is 5.63. The van der Waals surface area contributed by atoms with E-state index in [-0.39, 0.29) is 12.0 Å². The maximum atomic E-state index is 12.3. The first kappa shape index (κ1) is 17.2. The molecule has 5 heteroatoms. The topological polar surface area (TPSA) is 47.6 Å². The first-order valence-electron chi connectivity index (χ1n) is 7.50. The molecule has 0 atom stereocenters. The van der Waals surface area contributed by atoms with E-state index in [0.717, 1.165) is 0 Å². The molecule has 0 saturated carbocycles. The van der Waals surface area contributed by atoms with Crippen molar-refractivity contribution in [2.45, 2.75) is 26.9 Å². The van der Waals surface area contributed by atoms with Gasteiger partial charge in [-0.1, -0.05) is 17.7 Å². The van der Waals surface area contributed by atoms with Crippen molar-refractivity contribution in [2.75, 3.05) is 11.9 Å². The zero-order valence-electron chi connectivity index (χ0n) is 13.4. The third-order valence-corrected chi connectivity index (χ3v) is 3.25. The number of rotatable bonds is 6. The van der Waals surface area contributed by atoms with E-state index < -0.39 is 0 Å². The maximum absolute atomic E-state index is 12.3. The fraction of sp³-hybridized carbons (Fsp3) is 0.278. The van der Waals surface area contributed by atoms with Gasteiger partial charge in [0, 0.05) is 17.3 Å². The van der Waals surface area contributed by atoms with E-state index in [4.69, 9.17) is 21.1 Å². The molecular formula is C18H20ClNO3. The SMILES string of the molecule is CCOc1ccc(C(=O)Nc2cccc(OC(C)C)c2)cc1Cl. The van der Waals surface area contributed by atoms with Crippen LogP contribution in [0.5, 0.6) is 11.5 Å². The minimum atomic E-state index is -0.239. The average Bonchev–Trinajstić information content (AvgIpc) is 2.49. The Morgan fingerprint density at radius 1 is 1.22 bits per heavy atom. The third kappa shape index (κ3) is 4.89. The Hall–Kier alpha value is -2.20. The minimum Gasteiger partial charge on any atom is -0.492 e. The number of anilines is 1. The van der Waals surface area contributed by atoms with Crippen LogP contribution in [-0.2, 0) is 0 Å². The number of ether oxygens (including phenoxy) is 2. The highest BCUT2D eigenvalue weighted by atomic mass is 35.5. The molecule has 2 aromatic carbocycles. The highest BCUT2D eigenvalue weighted by Gasteiger charge is 2.10. The molecule has 0 bridgehead atoms. The molecule has 0 aliphatic carbocycles. The number of hydrogen-bond donors (Lipinski definition) is 1. The number of carbonyl (C=O) groups excluding carboxylic acids is 1. The lowest BCUT2D eigenvalue weighted by Crippen LogP contribution is -2.12. The van der Waals surface area contributed by atoms with Gasteiger partial charge in [-0.05, 0) is 51.1 Å². The molecule has 122 valence electrons. The van der Waals surface area contributed by atoms with Gasteiger partial charge in [0.25, 0.3) is 5.91 Å². The quantitative estimate of drug-likeness (QED) is 0.827. The van der Waals surface area contributed by atoms with Gasteiger partial charge in [-0.2, -0.15) is 0 Å². The van der Waals surface area contributed by atoms with Crippen molar-refractivity contribution in [3.63, 3.8) is 0 Å². The van der Waals surface area contributed by atoms with Crippen molar-refractivity contribution >= 4 is 23.2 Å². The maximum Gasteiger partial charge on any atom is 0.255 e. The van der Waals surface area contributed by atoms with E-state index in [9.17, 15) is 4.79 Å². The smallest absolute Gasteiger partial charge is 0.255 e. The van der Waals surface area contributed by atoms with Crippen LogP contribution in [0.1, 0.15) is 31.1 Å². The summed E-state index contributed by atoms with van der Waals surface area (Å²) in [4.78, 5) is 12.3. The summed E-state index contributed by atoms with van der Waals surface area (Å²) < 4.78 is 11.0.